The maximum absolute atomic E-state index is 13.2. The number of para-hydroxylation sites is 1. The molecule has 0 saturated carbocycles. The molecule has 0 unspecified atom stereocenters. The second-order valence-electron chi connectivity index (χ2n) is 7.97. The zero-order valence-corrected chi connectivity index (χ0v) is 17.3. The summed E-state index contributed by atoms with van der Waals surface area (Å²) in [6.45, 7) is 0. The second-order valence-corrected chi connectivity index (χ2v) is 7.97. The van der Waals surface area contributed by atoms with Crippen LogP contribution in [0.4, 0.5) is 0 Å². The van der Waals surface area contributed by atoms with Gasteiger partial charge >= 0.3 is 0 Å². The van der Waals surface area contributed by atoms with Gasteiger partial charge in [0.15, 0.2) is 0 Å². The molecule has 1 aliphatic rings. The van der Waals surface area contributed by atoms with E-state index in [1.165, 1.54) is 4.90 Å². The fourth-order valence-corrected chi connectivity index (χ4v) is 4.80. The number of nitrogens with zero attached hydrogens (tertiary/aromatic N) is 2. The summed E-state index contributed by atoms with van der Waals surface area (Å²) in [6.07, 6.45) is 2.02. The Hall–Kier alpha value is -4.06. The molecule has 2 aromatic heterocycles. The number of nitrogens with one attached hydrogen (secondary N) is 1. The van der Waals surface area contributed by atoms with Crippen molar-refractivity contribution >= 4 is 44.5 Å². The first-order chi connectivity index (χ1) is 15.0. The number of H-pyrrole nitrogens is 1. The van der Waals surface area contributed by atoms with Gasteiger partial charge in [-0.2, -0.15) is 0 Å². The van der Waals surface area contributed by atoms with Gasteiger partial charge in [-0.15, -0.1) is 0 Å². The van der Waals surface area contributed by atoms with Crippen LogP contribution in [-0.2, 0) is 7.05 Å². The highest BCUT2D eigenvalue weighted by Gasteiger charge is 2.38. The average Bonchev–Trinajstić information content (AvgIpc) is 3.39. The molecule has 0 bridgehead atoms. The number of hydrogen-bond donors (Lipinski definition) is 1. The van der Waals surface area contributed by atoms with E-state index in [0.717, 1.165) is 43.8 Å². The van der Waals surface area contributed by atoms with E-state index in [2.05, 4.69) is 4.98 Å². The first-order valence-corrected chi connectivity index (χ1v) is 10.0. The Bertz CT molecular complexity index is 1590. The number of aromatic nitrogens is 2. The molecule has 0 radical (unpaired) electrons. The number of imide groups is 1. The number of methoxy groups -OCH3 is 1. The van der Waals surface area contributed by atoms with Gasteiger partial charge in [0.25, 0.3) is 11.8 Å². The molecule has 0 saturated heterocycles. The molecule has 0 atom stereocenters. The summed E-state index contributed by atoms with van der Waals surface area (Å²) in [7, 11) is 5.14. The standard InChI is InChI=1S/C25H19N3O3/c1-27-12-17(14-6-4-5-7-20(14)27)15-11-19-21(23-22(15)24(29)28(2)25(23)30)16-10-13(31-3)8-9-18(16)26-19/h4-12,26H,1-3H3. The minimum atomic E-state index is -0.282. The van der Waals surface area contributed by atoms with Crippen LogP contribution in [-0.4, -0.2) is 40.4 Å². The first kappa shape index (κ1) is 17.8. The molecule has 152 valence electrons. The molecule has 3 aromatic carbocycles. The predicted octanol–water partition coefficient (Wildman–Crippen LogP) is 4.71. The normalized spacial score (nSPS) is 13.7. The number of fused-ring (bicyclic) bond motifs is 6. The Kier molecular flexibility index (Phi) is 3.43. The van der Waals surface area contributed by atoms with E-state index in [-0.39, 0.29) is 11.8 Å². The van der Waals surface area contributed by atoms with Crippen molar-refractivity contribution in [2.75, 3.05) is 14.2 Å². The fourth-order valence-electron chi connectivity index (χ4n) is 4.80. The smallest absolute Gasteiger partial charge is 0.262 e. The number of hydrogen-bond acceptors (Lipinski definition) is 3. The van der Waals surface area contributed by atoms with Crippen LogP contribution in [0.15, 0.2) is 54.7 Å². The van der Waals surface area contributed by atoms with E-state index in [9.17, 15) is 9.59 Å². The summed E-state index contributed by atoms with van der Waals surface area (Å²) in [5.74, 6) is 0.142. The van der Waals surface area contributed by atoms with Crippen molar-refractivity contribution in [2.24, 2.45) is 7.05 Å². The van der Waals surface area contributed by atoms with Crippen molar-refractivity contribution in [1.82, 2.24) is 14.5 Å². The number of carbonyl (C=O) groups is 2. The van der Waals surface area contributed by atoms with Crippen LogP contribution in [0.25, 0.3) is 43.8 Å². The van der Waals surface area contributed by atoms with Gasteiger partial charge < -0.3 is 14.3 Å². The Morgan fingerprint density at radius 3 is 2.42 bits per heavy atom. The molecule has 6 nitrogen and oxygen atoms in total. The molecular weight excluding hydrogens is 390 g/mol. The molecule has 3 heterocycles. The molecule has 5 aromatic rings. The summed E-state index contributed by atoms with van der Waals surface area (Å²) in [6, 6.07) is 15.8. The third kappa shape index (κ3) is 2.21. The quantitative estimate of drug-likeness (QED) is 0.429. The van der Waals surface area contributed by atoms with Crippen molar-refractivity contribution in [1.29, 1.82) is 0 Å². The molecule has 0 spiro atoms. The van der Waals surface area contributed by atoms with Gasteiger partial charge in [-0.25, -0.2) is 0 Å². The molecule has 31 heavy (non-hydrogen) atoms. The Morgan fingerprint density at radius 2 is 1.61 bits per heavy atom. The van der Waals surface area contributed by atoms with Gasteiger partial charge in [-0.1, -0.05) is 18.2 Å². The summed E-state index contributed by atoms with van der Waals surface area (Å²) in [4.78, 5) is 31.1. The van der Waals surface area contributed by atoms with Gasteiger partial charge in [0.1, 0.15) is 5.75 Å². The van der Waals surface area contributed by atoms with E-state index in [0.29, 0.717) is 16.9 Å². The number of aryl methyl sites for hydroxylation is 1. The Balaban J connectivity index is 1.80. The highest BCUT2D eigenvalue weighted by atomic mass is 16.5. The minimum absolute atomic E-state index is 0.276. The molecular formula is C25H19N3O3. The lowest BCUT2D eigenvalue weighted by Gasteiger charge is -2.08. The topological polar surface area (TPSA) is 67.3 Å². The molecule has 2 amide bonds. The van der Waals surface area contributed by atoms with Crippen molar-refractivity contribution in [2.45, 2.75) is 0 Å². The number of carbonyl (C=O) groups excluding carboxylic acids is 2. The number of benzene rings is 3. The predicted molar refractivity (Wildman–Crippen MR) is 121 cm³/mol. The highest BCUT2D eigenvalue weighted by molar-refractivity contribution is 6.32. The van der Waals surface area contributed by atoms with E-state index in [1.54, 1.807) is 14.2 Å². The summed E-state index contributed by atoms with van der Waals surface area (Å²) in [5.41, 5.74) is 5.39. The van der Waals surface area contributed by atoms with Crippen molar-refractivity contribution in [3.05, 3.63) is 65.9 Å². The average molecular weight is 409 g/mol. The molecule has 1 N–H and O–H groups in total. The summed E-state index contributed by atoms with van der Waals surface area (Å²) >= 11 is 0. The third-order valence-electron chi connectivity index (χ3n) is 6.32. The zero-order chi connectivity index (χ0) is 21.4. The third-order valence-corrected chi connectivity index (χ3v) is 6.32. The number of ether oxygens (including phenoxy) is 1. The van der Waals surface area contributed by atoms with E-state index >= 15 is 0 Å². The SMILES string of the molecule is COc1ccc2[nH]c3cc(-c4cn(C)c5ccccc45)c4c(c3c2c1)C(=O)N(C)C4=O. The lowest BCUT2D eigenvalue weighted by molar-refractivity contribution is 0.0694. The van der Waals surface area contributed by atoms with Crippen LogP contribution in [0.2, 0.25) is 0 Å². The first-order valence-electron chi connectivity index (χ1n) is 10.0. The maximum Gasteiger partial charge on any atom is 0.262 e. The Labute approximate surface area is 177 Å². The van der Waals surface area contributed by atoms with Gasteiger partial charge in [0.05, 0.1) is 18.2 Å². The van der Waals surface area contributed by atoms with E-state index in [1.807, 2.05) is 66.3 Å². The summed E-state index contributed by atoms with van der Waals surface area (Å²) < 4.78 is 7.44. The van der Waals surface area contributed by atoms with Gasteiger partial charge in [-0.05, 0) is 35.9 Å². The minimum Gasteiger partial charge on any atom is -0.497 e. The number of aromatic amines is 1. The van der Waals surface area contributed by atoms with Gasteiger partial charge in [0, 0.05) is 58.6 Å². The van der Waals surface area contributed by atoms with Gasteiger partial charge in [0.2, 0.25) is 0 Å². The molecule has 6 rings (SSSR count). The molecule has 6 heteroatoms. The molecule has 0 fully saturated rings. The van der Waals surface area contributed by atoms with Crippen LogP contribution in [0, 0.1) is 0 Å². The molecule has 1 aliphatic heterocycles. The maximum atomic E-state index is 13.2. The van der Waals surface area contributed by atoms with Crippen LogP contribution in [0.1, 0.15) is 20.7 Å². The van der Waals surface area contributed by atoms with Crippen molar-refractivity contribution < 1.29 is 14.3 Å². The lowest BCUT2D eigenvalue weighted by Crippen LogP contribution is -2.24. The van der Waals surface area contributed by atoms with Gasteiger partial charge in [-0.3, -0.25) is 14.5 Å². The largest absolute Gasteiger partial charge is 0.497 e. The van der Waals surface area contributed by atoms with E-state index < -0.39 is 0 Å². The second kappa shape index (κ2) is 5.98. The number of amides is 2. The monoisotopic (exact) mass is 409 g/mol. The lowest BCUT2D eigenvalue weighted by atomic mass is 9.92. The van der Waals surface area contributed by atoms with Crippen molar-refractivity contribution in [3.63, 3.8) is 0 Å². The fraction of sp³-hybridized carbons (Fsp3) is 0.120. The van der Waals surface area contributed by atoms with Crippen molar-refractivity contribution in [3.8, 4) is 16.9 Å². The zero-order valence-electron chi connectivity index (χ0n) is 17.3. The molecule has 0 aliphatic carbocycles. The Morgan fingerprint density at radius 1 is 0.839 bits per heavy atom. The van der Waals surface area contributed by atoms with Crippen LogP contribution < -0.4 is 4.74 Å². The van der Waals surface area contributed by atoms with E-state index in [4.69, 9.17) is 4.74 Å². The summed E-state index contributed by atoms with van der Waals surface area (Å²) in [5, 5.41) is 2.67. The number of rotatable bonds is 2. The highest BCUT2D eigenvalue weighted by Crippen LogP contribution is 2.43. The van der Waals surface area contributed by atoms with Crippen LogP contribution in [0.3, 0.4) is 0 Å². The van der Waals surface area contributed by atoms with Crippen LogP contribution >= 0.6 is 0 Å². The van der Waals surface area contributed by atoms with Crippen LogP contribution in [0.5, 0.6) is 5.75 Å².